The normalized spacial score (nSPS) is 17.3. The van der Waals surface area contributed by atoms with E-state index in [0.717, 1.165) is 17.2 Å². The van der Waals surface area contributed by atoms with Gasteiger partial charge in [0.25, 0.3) is 0 Å². The molecular weight excluding hydrogens is 256 g/mol. The van der Waals surface area contributed by atoms with E-state index in [1.165, 1.54) is 25.7 Å². The fourth-order valence-electron chi connectivity index (χ4n) is 2.16. The topological polar surface area (TPSA) is 34.1 Å². The summed E-state index contributed by atoms with van der Waals surface area (Å²) in [7, 11) is 1.71. The zero-order chi connectivity index (χ0) is 11.4. The molecule has 1 fully saturated rings. The van der Waals surface area contributed by atoms with Crippen LogP contribution in [0.15, 0.2) is 5.38 Å². The lowest BCUT2D eigenvalue weighted by atomic mass is 9.75. The molecule has 0 atom stereocenters. The van der Waals surface area contributed by atoms with Crippen molar-refractivity contribution in [3.05, 3.63) is 16.1 Å². The third-order valence-corrected chi connectivity index (χ3v) is 4.37. The molecule has 1 heterocycles. The number of ether oxygens (including phenoxy) is 1. The van der Waals surface area contributed by atoms with Crippen molar-refractivity contribution in [1.82, 2.24) is 10.3 Å². The lowest BCUT2D eigenvalue weighted by Crippen LogP contribution is -2.49. The van der Waals surface area contributed by atoms with E-state index >= 15 is 0 Å². The van der Waals surface area contributed by atoms with Crippen LogP contribution in [0.3, 0.4) is 0 Å². The average Bonchev–Trinajstić information content (AvgIpc) is 2.66. The smallest absolute Gasteiger partial charge is 0.119 e. The summed E-state index contributed by atoms with van der Waals surface area (Å²) in [6.45, 7) is 3.79. The van der Waals surface area contributed by atoms with Crippen LogP contribution in [0.1, 0.15) is 43.3 Å². The second-order valence-corrected chi connectivity index (χ2v) is 5.45. The van der Waals surface area contributed by atoms with Gasteiger partial charge in [0.2, 0.25) is 0 Å². The summed E-state index contributed by atoms with van der Waals surface area (Å²) in [5.74, 6) is 0. The van der Waals surface area contributed by atoms with E-state index < -0.39 is 0 Å². The first kappa shape index (κ1) is 14.9. The Morgan fingerprint density at radius 2 is 2.29 bits per heavy atom. The van der Waals surface area contributed by atoms with E-state index in [2.05, 4.69) is 22.6 Å². The molecule has 1 aliphatic rings. The molecule has 0 spiro atoms. The molecule has 0 amide bonds. The van der Waals surface area contributed by atoms with Gasteiger partial charge in [-0.3, -0.25) is 0 Å². The molecule has 1 saturated carbocycles. The summed E-state index contributed by atoms with van der Waals surface area (Å²) in [5.41, 5.74) is 1.56. The predicted octanol–water partition coefficient (Wildman–Crippen LogP) is 3.13. The number of nitrogens with zero attached hydrogens (tertiary/aromatic N) is 1. The number of hydrogen-bond donors (Lipinski definition) is 1. The minimum atomic E-state index is 0. The minimum Gasteiger partial charge on any atom is -0.378 e. The fourth-order valence-corrected chi connectivity index (χ4v) is 2.92. The maximum atomic E-state index is 5.07. The van der Waals surface area contributed by atoms with Gasteiger partial charge < -0.3 is 10.1 Å². The van der Waals surface area contributed by atoms with E-state index in [1.807, 2.05) is 0 Å². The molecule has 2 rings (SSSR count). The molecule has 0 bridgehead atoms. The summed E-state index contributed by atoms with van der Waals surface area (Å²) in [6.07, 6.45) is 5.23. The van der Waals surface area contributed by atoms with Crippen molar-refractivity contribution in [2.24, 2.45) is 0 Å². The van der Waals surface area contributed by atoms with Gasteiger partial charge >= 0.3 is 0 Å². The molecule has 1 aliphatic carbocycles. The second kappa shape index (κ2) is 6.69. The van der Waals surface area contributed by atoms with Crippen LogP contribution in [0, 0.1) is 0 Å². The highest BCUT2D eigenvalue weighted by Gasteiger charge is 2.34. The Morgan fingerprint density at radius 3 is 2.82 bits per heavy atom. The Hall–Kier alpha value is -0.160. The average molecular weight is 277 g/mol. The van der Waals surface area contributed by atoms with Crippen molar-refractivity contribution in [3.8, 4) is 0 Å². The first-order chi connectivity index (χ1) is 7.78. The van der Waals surface area contributed by atoms with Gasteiger partial charge in [-0.15, -0.1) is 23.7 Å². The van der Waals surface area contributed by atoms with E-state index in [-0.39, 0.29) is 12.4 Å². The summed E-state index contributed by atoms with van der Waals surface area (Å²) >= 11 is 1.68. The van der Waals surface area contributed by atoms with Crippen LogP contribution < -0.4 is 5.32 Å². The van der Waals surface area contributed by atoms with Crippen LogP contribution in [0.25, 0.3) is 0 Å². The second-order valence-electron chi connectivity index (χ2n) is 4.51. The first-order valence-corrected chi connectivity index (χ1v) is 6.83. The van der Waals surface area contributed by atoms with E-state index in [4.69, 9.17) is 4.74 Å². The third-order valence-electron chi connectivity index (χ3n) is 3.50. The molecule has 1 aromatic rings. The van der Waals surface area contributed by atoms with Gasteiger partial charge in [0, 0.05) is 24.6 Å². The molecule has 0 saturated heterocycles. The van der Waals surface area contributed by atoms with Crippen molar-refractivity contribution in [1.29, 1.82) is 0 Å². The molecule has 17 heavy (non-hydrogen) atoms. The van der Waals surface area contributed by atoms with Gasteiger partial charge in [0.15, 0.2) is 0 Å². The van der Waals surface area contributed by atoms with Crippen molar-refractivity contribution in [2.45, 2.75) is 51.3 Å². The maximum Gasteiger partial charge on any atom is 0.119 e. The Bertz CT molecular complexity index is 333. The molecule has 0 aromatic carbocycles. The van der Waals surface area contributed by atoms with Crippen LogP contribution in [-0.2, 0) is 17.9 Å². The lowest BCUT2D eigenvalue weighted by Gasteiger charge is -2.42. The highest BCUT2D eigenvalue weighted by molar-refractivity contribution is 7.09. The zero-order valence-electron chi connectivity index (χ0n) is 10.5. The van der Waals surface area contributed by atoms with Crippen LogP contribution >= 0.6 is 23.7 Å². The van der Waals surface area contributed by atoms with Gasteiger partial charge in [-0.25, -0.2) is 4.98 Å². The Balaban J connectivity index is 0.00000144. The third kappa shape index (κ3) is 3.65. The summed E-state index contributed by atoms with van der Waals surface area (Å²) in [4.78, 5) is 4.53. The standard InChI is InChI=1S/C12H20N2OS.ClH/c1-3-12(5-4-6-12)13-7-10-9-16-11(14-10)8-15-2;/h9,13H,3-8H2,1-2H3;1H. The number of nitrogens with one attached hydrogen (secondary N) is 1. The maximum absolute atomic E-state index is 5.07. The SMILES string of the molecule is CCC1(NCc2csc(COC)n2)CCC1.Cl. The van der Waals surface area contributed by atoms with Gasteiger partial charge in [-0.1, -0.05) is 6.92 Å². The number of hydrogen-bond acceptors (Lipinski definition) is 4. The molecule has 0 unspecified atom stereocenters. The Labute approximate surface area is 113 Å². The van der Waals surface area contributed by atoms with Gasteiger partial charge in [-0.05, 0) is 25.7 Å². The summed E-state index contributed by atoms with van der Waals surface area (Å²) < 4.78 is 5.07. The highest BCUT2D eigenvalue weighted by atomic mass is 35.5. The van der Waals surface area contributed by atoms with Gasteiger partial charge in [0.1, 0.15) is 5.01 Å². The first-order valence-electron chi connectivity index (χ1n) is 5.95. The molecule has 1 N–H and O–H groups in total. The van der Waals surface area contributed by atoms with Crippen molar-refractivity contribution in [3.63, 3.8) is 0 Å². The number of halogens is 1. The van der Waals surface area contributed by atoms with Crippen molar-refractivity contribution in [2.75, 3.05) is 7.11 Å². The van der Waals surface area contributed by atoms with E-state index in [1.54, 1.807) is 18.4 Å². The van der Waals surface area contributed by atoms with Gasteiger partial charge in [0.05, 0.1) is 12.3 Å². The van der Waals surface area contributed by atoms with E-state index in [9.17, 15) is 0 Å². The number of methoxy groups -OCH3 is 1. The van der Waals surface area contributed by atoms with Crippen molar-refractivity contribution >= 4 is 23.7 Å². The molecule has 5 heteroatoms. The Morgan fingerprint density at radius 1 is 1.53 bits per heavy atom. The monoisotopic (exact) mass is 276 g/mol. The quantitative estimate of drug-likeness (QED) is 0.867. The number of aromatic nitrogens is 1. The number of thiazole rings is 1. The molecule has 0 aliphatic heterocycles. The Kier molecular flexibility index (Phi) is 5.86. The summed E-state index contributed by atoms with van der Waals surface area (Å²) in [5, 5.41) is 6.85. The summed E-state index contributed by atoms with van der Waals surface area (Å²) in [6, 6.07) is 0. The van der Waals surface area contributed by atoms with Crippen molar-refractivity contribution < 1.29 is 4.74 Å². The molecular formula is C12H21ClN2OS. The van der Waals surface area contributed by atoms with E-state index in [0.29, 0.717) is 12.1 Å². The number of rotatable bonds is 6. The molecule has 98 valence electrons. The predicted molar refractivity (Wildman–Crippen MR) is 73.8 cm³/mol. The van der Waals surface area contributed by atoms with Crippen LogP contribution in [0.2, 0.25) is 0 Å². The van der Waals surface area contributed by atoms with Crippen LogP contribution in [0.4, 0.5) is 0 Å². The minimum absolute atomic E-state index is 0. The van der Waals surface area contributed by atoms with Gasteiger partial charge in [-0.2, -0.15) is 0 Å². The largest absolute Gasteiger partial charge is 0.378 e. The molecule has 1 aromatic heterocycles. The molecule has 3 nitrogen and oxygen atoms in total. The lowest BCUT2D eigenvalue weighted by molar-refractivity contribution is 0.174. The highest BCUT2D eigenvalue weighted by Crippen LogP contribution is 2.34. The molecule has 0 radical (unpaired) electrons. The van der Waals surface area contributed by atoms with Crippen LogP contribution in [-0.4, -0.2) is 17.6 Å². The van der Waals surface area contributed by atoms with Crippen LogP contribution in [0.5, 0.6) is 0 Å². The zero-order valence-corrected chi connectivity index (χ0v) is 12.1. The fraction of sp³-hybridized carbons (Fsp3) is 0.750.